The molecule has 0 aromatic rings. The molecule has 0 saturated carbocycles. The van der Waals surface area contributed by atoms with Crippen LogP contribution in [0.4, 0.5) is 0 Å². The van der Waals surface area contributed by atoms with Crippen LogP contribution in [0.25, 0.3) is 0 Å². The van der Waals surface area contributed by atoms with Gasteiger partial charge in [0.05, 0.1) is 6.10 Å². The second-order valence-corrected chi connectivity index (χ2v) is 5.71. The summed E-state index contributed by atoms with van der Waals surface area (Å²) in [7, 11) is -0.220. The van der Waals surface area contributed by atoms with Crippen molar-refractivity contribution in [2.45, 2.75) is 59.0 Å². The average molecular weight is 222 g/mol. The Kier molecular flexibility index (Phi) is 9.47. The minimum Gasteiger partial charge on any atom is -0.309 e. The first kappa shape index (κ1) is 13.5. The molecule has 0 aromatic heterocycles. The van der Waals surface area contributed by atoms with Crippen LogP contribution in [-0.2, 0) is 25.1 Å². The molecular weight excluding hydrogens is 200 g/mol. The summed E-state index contributed by atoms with van der Waals surface area (Å²) in [4.78, 5) is 0. The second kappa shape index (κ2) is 9.10. The molecule has 0 aliphatic carbocycles. The van der Waals surface area contributed by atoms with Crippen LogP contribution in [0, 0.1) is 0 Å². The van der Waals surface area contributed by atoms with Gasteiger partial charge in [0.25, 0.3) is 0 Å². The molecule has 0 N–H and O–H groups in total. The van der Waals surface area contributed by atoms with Crippen LogP contribution >= 0.6 is 0 Å². The van der Waals surface area contributed by atoms with Crippen LogP contribution in [0.3, 0.4) is 0 Å². The minimum absolute atomic E-state index is 0.220. The molecule has 13 heavy (non-hydrogen) atoms. The quantitative estimate of drug-likeness (QED) is 0.582. The van der Waals surface area contributed by atoms with Crippen molar-refractivity contribution in [1.29, 1.82) is 0 Å². The van der Waals surface area contributed by atoms with Gasteiger partial charge in [-0.05, 0) is 31.0 Å². The van der Waals surface area contributed by atoms with Gasteiger partial charge in [-0.15, -0.1) is 0 Å². The van der Waals surface area contributed by atoms with Gasteiger partial charge in [-0.3, -0.25) is 0 Å². The summed E-state index contributed by atoms with van der Waals surface area (Å²) < 4.78 is 5.62. The largest absolute Gasteiger partial charge is 0.309 e. The maximum absolute atomic E-state index is 5.62. The number of hydrogen-bond acceptors (Lipinski definition) is 2. The van der Waals surface area contributed by atoms with E-state index in [-0.39, 0.29) is 9.74 Å². The van der Waals surface area contributed by atoms with E-state index in [2.05, 4.69) is 20.8 Å². The SMILES string of the molecule is CCCCCCS(=S)OC(C)CC. The Labute approximate surface area is 90.0 Å². The topological polar surface area (TPSA) is 9.23 Å². The van der Waals surface area contributed by atoms with E-state index < -0.39 is 0 Å². The Bertz CT molecular complexity index is 137. The molecule has 0 spiro atoms. The molecular formula is C10H22OS2. The first-order chi connectivity index (χ1) is 6.20. The Balaban J connectivity index is 3.30. The lowest BCUT2D eigenvalue weighted by Gasteiger charge is -2.11. The predicted octanol–water partition coefficient (Wildman–Crippen LogP) is 3.38. The molecule has 0 aromatic carbocycles. The van der Waals surface area contributed by atoms with Crippen LogP contribution < -0.4 is 0 Å². The van der Waals surface area contributed by atoms with Gasteiger partial charge >= 0.3 is 0 Å². The molecule has 0 radical (unpaired) electrons. The third-order valence-electron chi connectivity index (χ3n) is 2.01. The fourth-order valence-corrected chi connectivity index (χ4v) is 2.74. The van der Waals surface area contributed by atoms with Crippen molar-refractivity contribution in [3.8, 4) is 0 Å². The van der Waals surface area contributed by atoms with Gasteiger partial charge in [0.1, 0.15) is 0 Å². The van der Waals surface area contributed by atoms with Crippen molar-refractivity contribution < 1.29 is 4.18 Å². The van der Waals surface area contributed by atoms with Gasteiger partial charge in [-0.2, -0.15) is 0 Å². The van der Waals surface area contributed by atoms with E-state index in [0.29, 0.717) is 6.10 Å². The first-order valence-electron chi connectivity index (χ1n) is 5.26. The monoisotopic (exact) mass is 222 g/mol. The molecule has 0 aliphatic rings. The van der Waals surface area contributed by atoms with Gasteiger partial charge in [0.2, 0.25) is 0 Å². The third-order valence-corrected chi connectivity index (χ3v) is 3.91. The van der Waals surface area contributed by atoms with Crippen molar-refractivity contribution >= 4 is 20.9 Å². The maximum atomic E-state index is 5.62. The van der Waals surface area contributed by atoms with E-state index >= 15 is 0 Å². The van der Waals surface area contributed by atoms with Crippen LogP contribution in [0.5, 0.6) is 0 Å². The lowest BCUT2D eigenvalue weighted by molar-refractivity contribution is 0.255. The zero-order chi connectivity index (χ0) is 10.1. The van der Waals surface area contributed by atoms with E-state index in [9.17, 15) is 0 Å². The van der Waals surface area contributed by atoms with Crippen LogP contribution in [0.15, 0.2) is 0 Å². The molecule has 0 bridgehead atoms. The zero-order valence-electron chi connectivity index (χ0n) is 9.04. The Morgan fingerprint density at radius 3 is 2.46 bits per heavy atom. The Hall–Kier alpha value is 0.530. The molecule has 0 aliphatic heterocycles. The van der Waals surface area contributed by atoms with E-state index in [1.54, 1.807) is 0 Å². The minimum atomic E-state index is -0.220. The molecule has 80 valence electrons. The zero-order valence-corrected chi connectivity index (χ0v) is 10.7. The van der Waals surface area contributed by atoms with Crippen molar-refractivity contribution in [3.63, 3.8) is 0 Å². The van der Waals surface area contributed by atoms with Crippen molar-refractivity contribution in [1.82, 2.24) is 0 Å². The summed E-state index contributed by atoms with van der Waals surface area (Å²) in [6, 6.07) is 0. The fourth-order valence-electron chi connectivity index (χ4n) is 0.946. The molecule has 2 unspecified atom stereocenters. The maximum Gasteiger partial charge on any atom is 0.0694 e. The summed E-state index contributed by atoms with van der Waals surface area (Å²) in [5, 5.41) is 0. The fraction of sp³-hybridized carbons (Fsp3) is 1.00. The van der Waals surface area contributed by atoms with Gasteiger partial charge in [0.15, 0.2) is 0 Å². The summed E-state index contributed by atoms with van der Waals surface area (Å²) >= 11 is 5.24. The highest BCUT2D eigenvalue weighted by atomic mass is 32.8. The molecule has 0 saturated heterocycles. The summed E-state index contributed by atoms with van der Waals surface area (Å²) in [5.74, 6) is 1.07. The number of rotatable bonds is 8. The first-order valence-corrected chi connectivity index (χ1v) is 7.50. The van der Waals surface area contributed by atoms with Gasteiger partial charge in [0, 0.05) is 15.5 Å². The molecule has 1 nitrogen and oxygen atoms in total. The molecule has 0 fully saturated rings. The predicted molar refractivity (Wildman–Crippen MR) is 64.6 cm³/mol. The molecule has 0 heterocycles. The lowest BCUT2D eigenvalue weighted by atomic mass is 10.2. The molecule has 2 atom stereocenters. The van der Waals surface area contributed by atoms with E-state index in [0.717, 1.165) is 12.2 Å². The second-order valence-electron chi connectivity index (χ2n) is 3.38. The lowest BCUT2D eigenvalue weighted by Crippen LogP contribution is -2.10. The van der Waals surface area contributed by atoms with Crippen molar-refractivity contribution in [2.24, 2.45) is 0 Å². The molecule has 0 rings (SSSR count). The standard InChI is InChI=1S/C10H22OS2/c1-4-6-7-8-9-13(12)11-10(3)5-2/h10H,4-9H2,1-3H3. The highest BCUT2D eigenvalue weighted by Gasteiger charge is 2.01. The highest BCUT2D eigenvalue weighted by Crippen LogP contribution is 2.04. The Morgan fingerprint density at radius 2 is 1.92 bits per heavy atom. The molecule has 0 amide bonds. The van der Waals surface area contributed by atoms with Gasteiger partial charge in [-0.1, -0.05) is 33.1 Å². The van der Waals surface area contributed by atoms with Crippen molar-refractivity contribution in [2.75, 3.05) is 5.75 Å². The van der Waals surface area contributed by atoms with E-state index in [4.69, 9.17) is 15.4 Å². The summed E-state index contributed by atoms with van der Waals surface area (Å²) in [6.45, 7) is 6.45. The van der Waals surface area contributed by atoms with Gasteiger partial charge in [-0.25, -0.2) is 0 Å². The van der Waals surface area contributed by atoms with Crippen LogP contribution in [-0.4, -0.2) is 11.9 Å². The summed E-state index contributed by atoms with van der Waals surface area (Å²) in [6.07, 6.45) is 6.56. The highest BCUT2D eigenvalue weighted by molar-refractivity contribution is 8.26. The normalized spacial score (nSPS) is 15.6. The number of unbranched alkanes of at least 4 members (excludes halogenated alkanes) is 3. The Morgan fingerprint density at radius 1 is 1.23 bits per heavy atom. The third kappa shape index (κ3) is 8.85. The van der Waals surface area contributed by atoms with Crippen LogP contribution in [0.1, 0.15) is 52.9 Å². The smallest absolute Gasteiger partial charge is 0.0694 e. The van der Waals surface area contributed by atoms with E-state index in [1.807, 2.05) is 0 Å². The number of hydrogen-bond donors (Lipinski definition) is 0. The van der Waals surface area contributed by atoms with Crippen LogP contribution in [0.2, 0.25) is 0 Å². The van der Waals surface area contributed by atoms with E-state index in [1.165, 1.54) is 25.7 Å². The average Bonchev–Trinajstić information content (AvgIpc) is 2.12. The van der Waals surface area contributed by atoms with Crippen molar-refractivity contribution in [3.05, 3.63) is 0 Å². The summed E-state index contributed by atoms with van der Waals surface area (Å²) in [5.41, 5.74) is 0. The van der Waals surface area contributed by atoms with Gasteiger partial charge < -0.3 is 4.18 Å². The molecule has 3 heteroatoms.